The average molecular weight is 281 g/mol. The Kier molecular flexibility index (Phi) is 4.70. The first-order valence-electron chi connectivity index (χ1n) is 6.93. The van der Waals surface area contributed by atoms with Crippen molar-refractivity contribution < 1.29 is 4.74 Å². The molecule has 2 fully saturated rings. The van der Waals surface area contributed by atoms with E-state index in [9.17, 15) is 0 Å². The van der Waals surface area contributed by atoms with Crippen molar-refractivity contribution in [3.8, 4) is 0 Å². The number of nitrogens with zero attached hydrogens (tertiary/aromatic N) is 2. The van der Waals surface area contributed by atoms with E-state index in [4.69, 9.17) is 4.74 Å². The van der Waals surface area contributed by atoms with Crippen molar-refractivity contribution >= 4 is 18.4 Å². The standard InChI is InChI=1S/C15H20N2O.ClH/c1-2-16-15-17-11-7-6-10-13(17)14(18-15)12-8-4-3-5-9-12;/h3-5,8-9,13-14H,2,6-7,10-11H2,1H3;1H/t13-,14-;/m1./s1. The molecule has 19 heavy (non-hydrogen) atoms. The van der Waals surface area contributed by atoms with Crippen molar-refractivity contribution in [2.24, 2.45) is 4.99 Å². The van der Waals surface area contributed by atoms with Gasteiger partial charge in [-0.2, -0.15) is 0 Å². The minimum Gasteiger partial charge on any atom is -0.455 e. The number of hydrogen-bond acceptors (Lipinski definition) is 2. The number of fused-ring (bicyclic) bond motifs is 1. The quantitative estimate of drug-likeness (QED) is 0.829. The van der Waals surface area contributed by atoms with Gasteiger partial charge >= 0.3 is 0 Å². The van der Waals surface area contributed by atoms with Crippen LogP contribution in [0.5, 0.6) is 0 Å². The summed E-state index contributed by atoms with van der Waals surface area (Å²) < 4.78 is 6.11. The van der Waals surface area contributed by atoms with Gasteiger partial charge in [0.15, 0.2) is 0 Å². The molecule has 3 nitrogen and oxygen atoms in total. The third-order valence-corrected chi connectivity index (χ3v) is 3.80. The van der Waals surface area contributed by atoms with Gasteiger partial charge in [-0.25, -0.2) is 4.99 Å². The lowest BCUT2D eigenvalue weighted by Crippen LogP contribution is -2.39. The number of ether oxygens (including phenoxy) is 1. The molecular weight excluding hydrogens is 260 g/mol. The topological polar surface area (TPSA) is 24.8 Å². The highest BCUT2D eigenvalue weighted by molar-refractivity contribution is 5.85. The molecule has 2 heterocycles. The monoisotopic (exact) mass is 280 g/mol. The van der Waals surface area contributed by atoms with Crippen LogP contribution in [0.4, 0.5) is 0 Å². The largest absolute Gasteiger partial charge is 0.455 e. The predicted molar refractivity (Wildman–Crippen MR) is 79.8 cm³/mol. The molecule has 1 aromatic rings. The SMILES string of the molecule is CCN=C1O[C@H](c2ccccc2)[C@H]2CCCCN12.Cl. The summed E-state index contributed by atoms with van der Waals surface area (Å²) in [5.74, 6) is 0. The molecular formula is C15H21ClN2O. The van der Waals surface area contributed by atoms with Gasteiger partial charge in [0.25, 0.3) is 6.02 Å². The van der Waals surface area contributed by atoms with Crippen LogP contribution in [0.2, 0.25) is 0 Å². The lowest BCUT2D eigenvalue weighted by atomic mass is 9.94. The molecule has 0 spiro atoms. The van der Waals surface area contributed by atoms with E-state index in [-0.39, 0.29) is 18.5 Å². The van der Waals surface area contributed by atoms with Gasteiger partial charge in [0.05, 0.1) is 6.04 Å². The number of aliphatic imine (C=N–C) groups is 1. The highest BCUT2D eigenvalue weighted by Crippen LogP contribution is 2.37. The Hall–Kier alpha value is -1.22. The van der Waals surface area contributed by atoms with E-state index in [1.807, 2.05) is 0 Å². The average Bonchev–Trinajstić information content (AvgIpc) is 2.80. The van der Waals surface area contributed by atoms with Crippen LogP contribution >= 0.6 is 12.4 Å². The molecule has 0 bridgehead atoms. The van der Waals surface area contributed by atoms with Crippen molar-refractivity contribution in [3.05, 3.63) is 35.9 Å². The van der Waals surface area contributed by atoms with E-state index < -0.39 is 0 Å². The first kappa shape index (κ1) is 14.2. The number of hydrogen-bond donors (Lipinski definition) is 0. The maximum atomic E-state index is 6.11. The summed E-state index contributed by atoms with van der Waals surface area (Å²) in [4.78, 5) is 6.87. The molecule has 3 rings (SSSR count). The second-order valence-corrected chi connectivity index (χ2v) is 4.96. The maximum absolute atomic E-state index is 6.11. The zero-order chi connectivity index (χ0) is 12.4. The van der Waals surface area contributed by atoms with Crippen LogP contribution in [-0.2, 0) is 4.74 Å². The fraction of sp³-hybridized carbons (Fsp3) is 0.533. The van der Waals surface area contributed by atoms with Crippen molar-refractivity contribution in [1.29, 1.82) is 0 Å². The number of benzene rings is 1. The van der Waals surface area contributed by atoms with Gasteiger partial charge in [-0.1, -0.05) is 30.3 Å². The van der Waals surface area contributed by atoms with Crippen molar-refractivity contribution in [1.82, 2.24) is 4.90 Å². The zero-order valence-corrected chi connectivity index (χ0v) is 12.1. The van der Waals surface area contributed by atoms with Crippen LogP contribution in [0, 0.1) is 0 Å². The molecule has 2 saturated heterocycles. The molecule has 1 aromatic carbocycles. The van der Waals surface area contributed by atoms with E-state index >= 15 is 0 Å². The normalized spacial score (nSPS) is 27.6. The summed E-state index contributed by atoms with van der Waals surface area (Å²) in [6.07, 6.45) is 3.93. The first-order valence-corrected chi connectivity index (χ1v) is 6.93. The van der Waals surface area contributed by atoms with Crippen LogP contribution in [0.1, 0.15) is 37.9 Å². The van der Waals surface area contributed by atoms with Gasteiger partial charge in [0.1, 0.15) is 6.10 Å². The van der Waals surface area contributed by atoms with E-state index in [0.29, 0.717) is 6.04 Å². The number of piperidine rings is 1. The summed E-state index contributed by atoms with van der Waals surface area (Å²) in [7, 11) is 0. The second-order valence-electron chi connectivity index (χ2n) is 4.96. The molecule has 2 aliphatic heterocycles. The number of rotatable bonds is 2. The molecule has 0 amide bonds. The van der Waals surface area contributed by atoms with Gasteiger partial charge in [-0.15, -0.1) is 12.4 Å². The molecule has 0 radical (unpaired) electrons. The van der Waals surface area contributed by atoms with Crippen molar-refractivity contribution in [3.63, 3.8) is 0 Å². The molecule has 104 valence electrons. The Bertz CT molecular complexity index is 435. The van der Waals surface area contributed by atoms with Crippen LogP contribution in [0.3, 0.4) is 0 Å². The maximum Gasteiger partial charge on any atom is 0.288 e. The highest BCUT2D eigenvalue weighted by atomic mass is 35.5. The molecule has 2 atom stereocenters. The lowest BCUT2D eigenvalue weighted by molar-refractivity contribution is 0.168. The van der Waals surface area contributed by atoms with E-state index in [2.05, 4.69) is 47.1 Å². The van der Waals surface area contributed by atoms with Gasteiger partial charge in [-0.3, -0.25) is 0 Å². The summed E-state index contributed by atoms with van der Waals surface area (Å²) >= 11 is 0. The Labute approximate surface area is 121 Å². The minimum atomic E-state index is 0. The van der Waals surface area contributed by atoms with Gasteiger partial charge in [0.2, 0.25) is 0 Å². The van der Waals surface area contributed by atoms with Crippen molar-refractivity contribution in [2.45, 2.75) is 38.3 Å². The molecule has 0 aliphatic carbocycles. The van der Waals surface area contributed by atoms with Crippen LogP contribution in [-0.4, -0.2) is 30.1 Å². The molecule has 0 aromatic heterocycles. The fourth-order valence-electron chi connectivity index (χ4n) is 2.97. The van der Waals surface area contributed by atoms with E-state index in [0.717, 1.165) is 19.1 Å². The summed E-state index contributed by atoms with van der Waals surface area (Å²) in [6.45, 7) is 3.94. The third kappa shape index (κ3) is 2.71. The first-order chi connectivity index (χ1) is 8.90. The smallest absolute Gasteiger partial charge is 0.288 e. The second kappa shape index (κ2) is 6.29. The number of amidine groups is 1. The Morgan fingerprint density at radius 1 is 1.26 bits per heavy atom. The number of halogens is 1. The Morgan fingerprint density at radius 2 is 2.05 bits per heavy atom. The minimum absolute atomic E-state index is 0. The third-order valence-electron chi connectivity index (χ3n) is 3.80. The predicted octanol–water partition coefficient (Wildman–Crippen LogP) is 3.41. The molecule has 0 saturated carbocycles. The molecule has 0 unspecified atom stereocenters. The molecule has 2 aliphatic rings. The van der Waals surface area contributed by atoms with Crippen LogP contribution < -0.4 is 0 Å². The van der Waals surface area contributed by atoms with Gasteiger partial charge < -0.3 is 9.64 Å². The lowest BCUT2D eigenvalue weighted by Gasteiger charge is -2.30. The Balaban J connectivity index is 0.00000133. The van der Waals surface area contributed by atoms with Crippen molar-refractivity contribution in [2.75, 3.05) is 13.1 Å². The fourth-order valence-corrected chi connectivity index (χ4v) is 2.97. The summed E-state index contributed by atoms with van der Waals surface area (Å²) in [5.41, 5.74) is 1.27. The van der Waals surface area contributed by atoms with Gasteiger partial charge in [-0.05, 0) is 31.7 Å². The van der Waals surface area contributed by atoms with Crippen LogP contribution in [0.25, 0.3) is 0 Å². The Morgan fingerprint density at radius 3 is 2.79 bits per heavy atom. The molecule has 0 N–H and O–H groups in total. The summed E-state index contributed by atoms with van der Waals surface area (Å²) in [5, 5.41) is 0. The van der Waals surface area contributed by atoms with Gasteiger partial charge in [0, 0.05) is 13.1 Å². The van der Waals surface area contributed by atoms with E-state index in [1.54, 1.807) is 0 Å². The zero-order valence-electron chi connectivity index (χ0n) is 11.3. The summed E-state index contributed by atoms with van der Waals surface area (Å²) in [6, 6.07) is 11.9. The van der Waals surface area contributed by atoms with E-state index in [1.165, 1.54) is 24.8 Å². The van der Waals surface area contributed by atoms with Crippen LogP contribution in [0.15, 0.2) is 35.3 Å². The molecule has 4 heteroatoms. The highest BCUT2D eigenvalue weighted by Gasteiger charge is 2.41.